The number of hydrogen-bond acceptors (Lipinski definition) is 6. The number of esters is 1. The molecular formula is C19H27N3O4. The maximum absolute atomic E-state index is 12.7. The second-order valence-corrected chi connectivity index (χ2v) is 7.12. The van der Waals surface area contributed by atoms with Crippen LogP contribution in [0, 0.1) is 0 Å². The number of nitrogens with one attached hydrogen (secondary N) is 1. The normalized spacial score (nSPS) is 26.8. The molecule has 2 aliphatic heterocycles. The zero-order chi connectivity index (χ0) is 18.7. The first-order valence-corrected chi connectivity index (χ1v) is 9.08. The third kappa shape index (κ3) is 3.99. The fourth-order valence-corrected chi connectivity index (χ4v) is 4.05. The van der Waals surface area contributed by atoms with Crippen LogP contribution in [0.1, 0.15) is 24.8 Å². The van der Waals surface area contributed by atoms with Gasteiger partial charge in [0, 0.05) is 38.1 Å². The second-order valence-electron chi connectivity index (χ2n) is 7.12. The van der Waals surface area contributed by atoms with Gasteiger partial charge in [-0.25, -0.2) is 0 Å². The lowest BCUT2D eigenvalue weighted by Gasteiger charge is -2.33. The number of benzene rings is 1. The van der Waals surface area contributed by atoms with E-state index in [1.807, 2.05) is 19.2 Å². The summed E-state index contributed by atoms with van der Waals surface area (Å²) < 4.78 is 4.74. The number of rotatable bonds is 5. The lowest BCUT2D eigenvalue weighted by Crippen LogP contribution is -2.49. The number of fused-ring (bicyclic) bond motifs is 1. The number of methoxy groups -OCH3 is 1. The Morgan fingerprint density at radius 2 is 2.08 bits per heavy atom. The van der Waals surface area contributed by atoms with Crippen LogP contribution in [0.5, 0.6) is 5.75 Å². The first-order valence-electron chi connectivity index (χ1n) is 9.08. The molecule has 3 atom stereocenters. The quantitative estimate of drug-likeness (QED) is 0.752. The highest BCUT2D eigenvalue weighted by molar-refractivity contribution is 5.83. The molecule has 142 valence electrons. The number of phenols is 1. The van der Waals surface area contributed by atoms with E-state index in [0.717, 1.165) is 18.5 Å². The zero-order valence-corrected chi connectivity index (χ0v) is 15.4. The number of likely N-dealkylation sites (tertiary alicyclic amines) is 1. The molecule has 2 heterocycles. The maximum atomic E-state index is 12.7. The van der Waals surface area contributed by atoms with E-state index in [-0.39, 0.29) is 35.8 Å². The van der Waals surface area contributed by atoms with Crippen LogP contribution >= 0.6 is 0 Å². The molecule has 0 aliphatic carbocycles. The number of carbonyl (C=O) groups is 2. The highest BCUT2D eigenvalue weighted by atomic mass is 16.5. The minimum atomic E-state index is -0.217. The summed E-state index contributed by atoms with van der Waals surface area (Å²) in [5.41, 5.74) is 1.07. The van der Waals surface area contributed by atoms with Gasteiger partial charge in [0.05, 0.1) is 7.11 Å². The first-order chi connectivity index (χ1) is 12.5. The van der Waals surface area contributed by atoms with Crippen LogP contribution in [0.25, 0.3) is 0 Å². The number of hydrogen-bond donors (Lipinski definition) is 2. The van der Waals surface area contributed by atoms with Crippen molar-refractivity contribution in [2.75, 3.05) is 27.2 Å². The highest BCUT2D eigenvalue weighted by Crippen LogP contribution is 2.28. The van der Waals surface area contributed by atoms with Gasteiger partial charge in [0.1, 0.15) is 11.8 Å². The maximum Gasteiger partial charge on any atom is 0.305 e. The Morgan fingerprint density at radius 1 is 1.35 bits per heavy atom. The molecule has 7 nitrogen and oxygen atoms in total. The van der Waals surface area contributed by atoms with E-state index in [9.17, 15) is 14.7 Å². The van der Waals surface area contributed by atoms with E-state index in [4.69, 9.17) is 4.74 Å². The molecule has 2 aliphatic rings. The minimum absolute atomic E-state index is 0.0543. The van der Waals surface area contributed by atoms with Gasteiger partial charge in [-0.05, 0) is 37.6 Å². The molecule has 2 fully saturated rings. The van der Waals surface area contributed by atoms with Crippen LogP contribution in [0.3, 0.4) is 0 Å². The topological polar surface area (TPSA) is 82.1 Å². The van der Waals surface area contributed by atoms with Gasteiger partial charge in [0.2, 0.25) is 5.91 Å². The number of ether oxygens (including phenoxy) is 1. The van der Waals surface area contributed by atoms with Gasteiger partial charge in [-0.15, -0.1) is 0 Å². The van der Waals surface area contributed by atoms with Crippen LogP contribution in [-0.4, -0.2) is 72.2 Å². The van der Waals surface area contributed by atoms with Crippen LogP contribution in [0.4, 0.5) is 0 Å². The largest absolute Gasteiger partial charge is 0.508 e. The van der Waals surface area contributed by atoms with E-state index < -0.39 is 0 Å². The van der Waals surface area contributed by atoms with Gasteiger partial charge in [-0.2, -0.15) is 0 Å². The van der Waals surface area contributed by atoms with E-state index >= 15 is 0 Å². The summed E-state index contributed by atoms with van der Waals surface area (Å²) in [7, 11) is 3.44. The molecule has 2 N–H and O–H groups in total. The molecular weight excluding hydrogens is 334 g/mol. The van der Waals surface area contributed by atoms with Gasteiger partial charge >= 0.3 is 5.97 Å². The molecule has 3 rings (SSSR count). The Morgan fingerprint density at radius 3 is 2.77 bits per heavy atom. The number of aromatic hydroxyl groups is 1. The summed E-state index contributed by atoms with van der Waals surface area (Å²) >= 11 is 0. The zero-order valence-electron chi connectivity index (χ0n) is 15.4. The molecule has 2 saturated heterocycles. The lowest BCUT2D eigenvalue weighted by atomic mass is 10.0. The van der Waals surface area contributed by atoms with Gasteiger partial charge in [0.25, 0.3) is 0 Å². The van der Waals surface area contributed by atoms with Gasteiger partial charge in [0.15, 0.2) is 0 Å². The van der Waals surface area contributed by atoms with Crippen LogP contribution < -0.4 is 5.32 Å². The summed E-state index contributed by atoms with van der Waals surface area (Å²) in [4.78, 5) is 28.6. The molecule has 0 aromatic heterocycles. The third-order valence-corrected chi connectivity index (χ3v) is 5.58. The van der Waals surface area contributed by atoms with Crippen molar-refractivity contribution in [2.45, 2.75) is 43.9 Å². The summed E-state index contributed by atoms with van der Waals surface area (Å²) in [5.74, 6) is 0.0815. The van der Waals surface area contributed by atoms with Crippen LogP contribution in [0.2, 0.25) is 0 Å². The average molecular weight is 361 g/mol. The molecule has 0 bridgehead atoms. The van der Waals surface area contributed by atoms with Crippen molar-refractivity contribution in [1.29, 1.82) is 0 Å². The van der Waals surface area contributed by atoms with Crippen molar-refractivity contribution in [3.8, 4) is 5.75 Å². The molecule has 1 aromatic rings. The Balaban J connectivity index is 1.69. The molecule has 0 radical (unpaired) electrons. The molecule has 1 amide bonds. The summed E-state index contributed by atoms with van der Waals surface area (Å²) in [6.07, 6.45) is 1.95. The third-order valence-electron chi connectivity index (χ3n) is 5.58. The van der Waals surface area contributed by atoms with Crippen molar-refractivity contribution in [2.24, 2.45) is 0 Å². The predicted octanol–water partition coefficient (Wildman–Crippen LogP) is 0.719. The first kappa shape index (κ1) is 18.7. The van der Waals surface area contributed by atoms with Crippen molar-refractivity contribution >= 4 is 11.9 Å². The molecule has 0 unspecified atom stereocenters. The van der Waals surface area contributed by atoms with Crippen LogP contribution in [0.15, 0.2) is 24.3 Å². The summed E-state index contributed by atoms with van der Waals surface area (Å²) in [6, 6.07) is 7.19. The number of phenolic OH excluding ortho intramolecular Hbond substituents is 1. The number of amides is 1. The van der Waals surface area contributed by atoms with Gasteiger partial charge in [-0.3, -0.25) is 19.4 Å². The number of nitrogens with zero attached hydrogens (tertiary/aromatic N) is 2. The van der Waals surface area contributed by atoms with Crippen molar-refractivity contribution in [3.63, 3.8) is 0 Å². The summed E-state index contributed by atoms with van der Waals surface area (Å²) in [6.45, 7) is 2.07. The standard InChI is InChI=1S/C19H27N3O4/c1-21-14(5-8-17(24)26-2)11-20-19(25)18-16(21)9-10-22(18)12-13-3-6-15(23)7-4-13/h3-4,6-7,14,16,18,23H,5,8-12H2,1-2H3,(H,20,25)/t14-,16+,18-/m0/s1. The van der Waals surface area contributed by atoms with E-state index in [0.29, 0.717) is 25.9 Å². The van der Waals surface area contributed by atoms with E-state index in [1.165, 1.54) is 7.11 Å². The second kappa shape index (κ2) is 8.05. The molecule has 0 spiro atoms. The molecule has 7 heteroatoms. The Kier molecular flexibility index (Phi) is 5.78. The molecule has 0 saturated carbocycles. The number of likely N-dealkylation sites (N-methyl/N-ethyl adjacent to an activating group) is 1. The fourth-order valence-electron chi connectivity index (χ4n) is 4.05. The van der Waals surface area contributed by atoms with Crippen molar-refractivity contribution < 1.29 is 19.4 Å². The van der Waals surface area contributed by atoms with Crippen LogP contribution in [-0.2, 0) is 20.9 Å². The van der Waals surface area contributed by atoms with Crippen molar-refractivity contribution in [3.05, 3.63) is 29.8 Å². The predicted molar refractivity (Wildman–Crippen MR) is 96.5 cm³/mol. The van der Waals surface area contributed by atoms with E-state index in [2.05, 4.69) is 15.1 Å². The van der Waals surface area contributed by atoms with Gasteiger partial charge < -0.3 is 15.2 Å². The summed E-state index contributed by atoms with van der Waals surface area (Å²) in [5, 5.41) is 12.5. The smallest absolute Gasteiger partial charge is 0.305 e. The van der Waals surface area contributed by atoms with Crippen molar-refractivity contribution in [1.82, 2.24) is 15.1 Å². The molecule has 26 heavy (non-hydrogen) atoms. The monoisotopic (exact) mass is 361 g/mol. The average Bonchev–Trinajstić information content (AvgIpc) is 3.01. The Bertz CT molecular complexity index is 649. The Hall–Kier alpha value is -2.12. The lowest BCUT2D eigenvalue weighted by molar-refractivity contribution is -0.141. The minimum Gasteiger partial charge on any atom is -0.508 e. The molecule has 1 aromatic carbocycles. The SMILES string of the molecule is COC(=O)CC[C@H]1CNC(=O)[C@@H]2[C@@H](CCN2Cc2ccc(O)cc2)N1C. The Labute approximate surface area is 153 Å². The highest BCUT2D eigenvalue weighted by Gasteiger charge is 2.44. The van der Waals surface area contributed by atoms with E-state index in [1.54, 1.807) is 12.1 Å². The fraction of sp³-hybridized carbons (Fsp3) is 0.579. The van der Waals surface area contributed by atoms with Gasteiger partial charge in [-0.1, -0.05) is 12.1 Å². The number of carbonyl (C=O) groups excluding carboxylic acids is 2.